The van der Waals surface area contributed by atoms with Crippen LogP contribution in [0.15, 0.2) is 18.2 Å². The first-order valence-electron chi connectivity index (χ1n) is 5.54. The van der Waals surface area contributed by atoms with E-state index in [0.717, 1.165) is 0 Å². The van der Waals surface area contributed by atoms with Gasteiger partial charge in [0.1, 0.15) is 0 Å². The van der Waals surface area contributed by atoms with Gasteiger partial charge < -0.3 is 15.8 Å². The van der Waals surface area contributed by atoms with E-state index in [1.165, 1.54) is 25.3 Å². The normalized spacial score (nSPS) is 21.8. The van der Waals surface area contributed by atoms with Crippen LogP contribution in [0.25, 0.3) is 0 Å². The molecule has 1 aromatic rings. The van der Waals surface area contributed by atoms with Crippen molar-refractivity contribution in [2.24, 2.45) is 0 Å². The maximum atomic E-state index is 13.7. The van der Waals surface area contributed by atoms with Crippen LogP contribution in [0.5, 0.6) is 0 Å². The molecule has 1 aliphatic rings. The second kappa shape index (κ2) is 4.53. The Morgan fingerprint density at radius 2 is 2.28 bits per heavy atom. The number of hydrogen-bond acceptors (Lipinski definition) is 4. The van der Waals surface area contributed by atoms with Crippen molar-refractivity contribution < 1.29 is 18.3 Å². The third-order valence-corrected chi connectivity index (χ3v) is 3.05. The number of benzene rings is 1. The maximum Gasteiger partial charge on any atom is 0.337 e. The van der Waals surface area contributed by atoms with Gasteiger partial charge in [0, 0.05) is 18.7 Å². The summed E-state index contributed by atoms with van der Waals surface area (Å²) in [7, 11) is 1.24. The van der Waals surface area contributed by atoms with E-state index in [-0.39, 0.29) is 29.8 Å². The fourth-order valence-electron chi connectivity index (χ4n) is 2.08. The Kier molecular flexibility index (Phi) is 3.21. The quantitative estimate of drug-likeness (QED) is 0.624. The van der Waals surface area contributed by atoms with Gasteiger partial charge in [-0.05, 0) is 23.8 Å². The number of ether oxygens (including phenoxy) is 1. The summed E-state index contributed by atoms with van der Waals surface area (Å²) in [6.45, 7) is 0.222. The minimum Gasteiger partial charge on any atom is -0.465 e. The summed E-state index contributed by atoms with van der Waals surface area (Å²) in [5, 5.41) is 2.71. The molecule has 2 rings (SSSR count). The number of nitrogen functional groups attached to an aromatic ring is 1. The first-order chi connectivity index (χ1) is 8.45. The Balaban J connectivity index is 2.41. The molecule has 1 aliphatic heterocycles. The van der Waals surface area contributed by atoms with E-state index in [9.17, 15) is 13.6 Å². The molecule has 0 radical (unpaired) electrons. The third-order valence-electron chi connectivity index (χ3n) is 3.05. The fraction of sp³-hybridized carbons (Fsp3) is 0.417. The maximum absolute atomic E-state index is 13.7. The molecule has 0 bridgehead atoms. The van der Waals surface area contributed by atoms with Gasteiger partial charge >= 0.3 is 5.97 Å². The van der Waals surface area contributed by atoms with E-state index in [2.05, 4.69) is 10.1 Å². The summed E-state index contributed by atoms with van der Waals surface area (Å²) in [5.74, 6) is -3.43. The van der Waals surface area contributed by atoms with Crippen molar-refractivity contribution >= 4 is 11.7 Å². The van der Waals surface area contributed by atoms with Gasteiger partial charge in [0.2, 0.25) is 0 Å². The molecule has 3 N–H and O–H groups in total. The molecule has 18 heavy (non-hydrogen) atoms. The van der Waals surface area contributed by atoms with Crippen molar-refractivity contribution in [2.45, 2.75) is 18.4 Å². The number of carbonyl (C=O) groups is 1. The summed E-state index contributed by atoms with van der Waals surface area (Å²) >= 11 is 0. The van der Waals surface area contributed by atoms with Crippen LogP contribution in [0.4, 0.5) is 14.5 Å². The lowest BCUT2D eigenvalue weighted by molar-refractivity contribution is -0.0115. The molecule has 6 heteroatoms. The number of methoxy groups -OCH3 is 1. The smallest absolute Gasteiger partial charge is 0.337 e. The van der Waals surface area contributed by atoms with Crippen molar-refractivity contribution in [1.29, 1.82) is 0 Å². The van der Waals surface area contributed by atoms with Crippen molar-refractivity contribution in [3.8, 4) is 0 Å². The molecular formula is C12H14F2N2O2. The first kappa shape index (κ1) is 12.8. The van der Waals surface area contributed by atoms with Gasteiger partial charge in [0.25, 0.3) is 5.92 Å². The molecule has 4 nitrogen and oxygen atoms in total. The van der Waals surface area contributed by atoms with Crippen LogP contribution in [0.3, 0.4) is 0 Å². The molecule has 0 saturated carbocycles. The van der Waals surface area contributed by atoms with Crippen molar-refractivity contribution in [1.82, 2.24) is 5.32 Å². The van der Waals surface area contributed by atoms with Gasteiger partial charge in [-0.25, -0.2) is 13.6 Å². The van der Waals surface area contributed by atoms with E-state index in [0.29, 0.717) is 0 Å². The number of halogens is 2. The lowest BCUT2D eigenvalue weighted by Crippen LogP contribution is -2.27. The summed E-state index contributed by atoms with van der Waals surface area (Å²) in [6, 6.07) is 3.11. The average molecular weight is 256 g/mol. The van der Waals surface area contributed by atoms with Crippen LogP contribution in [-0.4, -0.2) is 25.5 Å². The lowest BCUT2D eigenvalue weighted by atomic mass is 9.98. The zero-order valence-electron chi connectivity index (χ0n) is 9.87. The monoisotopic (exact) mass is 256 g/mol. The average Bonchev–Trinajstić information content (AvgIpc) is 2.68. The number of anilines is 1. The molecule has 0 aromatic heterocycles. The fourth-order valence-corrected chi connectivity index (χ4v) is 2.08. The van der Waals surface area contributed by atoms with E-state index >= 15 is 0 Å². The predicted molar refractivity (Wildman–Crippen MR) is 62.5 cm³/mol. The highest BCUT2D eigenvalue weighted by atomic mass is 19.3. The zero-order chi connectivity index (χ0) is 13.3. The molecule has 0 amide bonds. The molecule has 1 aromatic carbocycles. The molecular weight excluding hydrogens is 242 g/mol. The number of nitrogens with one attached hydrogen (secondary N) is 1. The van der Waals surface area contributed by atoms with Crippen LogP contribution in [0.2, 0.25) is 0 Å². The SMILES string of the molecule is COC(=O)c1ccc(N)c([C@@H]2NCCC2(F)F)c1. The van der Waals surface area contributed by atoms with Gasteiger partial charge in [-0.15, -0.1) is 0 Å². The number of hydrogen-bond donors (Lipinski definition) is 2. The summed E-state index contributed by atoms with van der Waals surface area (Å²) in [5.41, 5.74) is 6.39. The number of carbonyl (C=O) groups excluding carboxylic acids is 1. The van der Waals surface area contributed by atoms with Crippen molar-refractivity contribution in [2.75, 3.05) is 19.4 Å². The molecule has 1 atom stereocenters. The molecule has 1 heterocycles. The number of esters is 1. The Hall–Kier alpha value is -1.69. The number of nitrogens with two attached hydrogens (primary N) is 1. The van der Waals surface area contributed by atoms with Gasteiger partial charge in [-0.3, -0.25) is 0 Å². The van der Waals surface area contributed by atoms with Gasteiger partial charge in [-0.1, -0.05) is 0 Å². The van der Waals surface area contributed by atoms with E-state index in [1.807, 2.05) is 0 Å². The molecule has 0 unspecified atom stereocenters. The van der Waals surface area contributed by atoms with E-state index in [4.69, 9.17) is 5.73 Å². The second-order valence-corrected chi connectivity index (χ2v) is 4.23. The van der Waals surface area contributed by atoms with Gasteiger partial charge in [0.15, 0.2) is 0 Å². The Morgan fingerprint density at radius 3 is 2.83 bits per heavy atom. The highest BCUT2D eigenvalue weighted by Gasteiger charge is 2.45. The van der Waals surface area contributed by atoms with Crippen LogP contribution in [-0.2, 0) is 4.74 Å². The van der Waals surface area contributed by atoms with Gasteiger partial charge in [0.05, 0.1) is 18.7 Å². The summed E-state index contributed by atoms with van der Waals surface area (Å²) in [6.07, 6.45) is -0.237. The van der Waals surface area contributed by atoms with Crippen molar-refractivity contribution in [3.63, 3.8) is 0 Å². The highest BCUT2D eigenvalue weighted by Crippen LogP contribution is 2.40. The van der Waals surface area contributed by atoms with Crippen LogP contribution in [0, 0.1) is 0 Å². The predicted octanol–water partition coefficient (Wildman–Crippen LogP) is 1.73. The Bertz CT molecular complexity index is 477. The molecule has 0 spiro atoms. The van der Waals surface area contributed by atoms with Crippen LogP contribution < -0.4 is 11.1 Å². The number of alkyl halides is 2. The van der Waals surface area contributed by atoms with E-state index in [1.54, 1.807) is 0 Å². The summed E-state index contributed by atoms with van der Waals surface area (Å²) < 4.78 is 31.9. The van der Waals surface area contributed by atoms with Gasteiger partial charge in [-0.2, -0.15) is 0 Å². The number of rotatable bonds is 2. The Morgan fingerprint density at radius 1 is 1.56 bits per heavy atom. The molecule has 1 fully saturated rings. The van der Waals surface area contributed by atoms with Crippen LogP contribution >= 0.6 is 0 Å². The highest BCUT2D eigenvalue weighted by molar-refractivity contribution is 5.90. The van der Waals surface area contributed by atoms with Crippen molar-refractivity contribution in [3.05, 3.63) is 29.3 Å². The largest absolute Gasteiger partial charge is 0.465 e. The van der Waals surface area contributed by atoms with E-state index < -0.39 is 17.9 Å². The zero-order valence-corrected chi connectivity index (χ0v) is 9.87. The second-order valence-electron chi connectivity index (χ2n) is 4.23. The molecule has 98 valence electrons. The topological polar surface area (TPSA) is 64.3 Å². The summed E-state index contributed by atoms with van der Waals surface area (Å²) in [4.78, 5) is 11.4. The lowest BCUT2D eigenvalue weighted by Gasteiger charge is -2.21. The minimum atomic E-state index is -2.86. The Labute approximate surface area is 103 Å². The standard InChI is InChI=1S/C12H14F2N2O2/c1-18-11(17)7-2-3-9(15)8(6-7)10-12(13,14)4-5-16-10/h2-3,6,10,16H,4-5,15H2,1H3/t10-/m0/s1. The molecule has 0 aliphatic carbocycles. The minimum absolute atomic E-state index is 0.214. The first-order valence-corrected chi connectivity index (χ1v) is 5.54. The molecule has 1 saturated heterocycles. The third kappa shape index (κ3) is 2.15. The van der Waals surface area contributed by atoms with Crippen LogP contribution in [0.1, 0.15) is 28.4 Å².